The summed E-state index contributed by atoms with van der Waals surface area (Å²) in [7, 11) is -0.641. The van der Waals surface area contributed by atoms with Crippen molar-refractivity contribution in [3.05, 3.63) is 35.5 Å². The Kier molecular flexibility index (Phi) is 6.00. The topological polar surface area (TPSA) is 93.5 Å². The van der Waals surface area contributed by atoms with E-state index >= 15 is 0 Å². The van der Waals surface area contributed by atoms with Crippen LogP contribution < -0.4 is 10.1 Å². The van der Waals surface area contributed by atoms with E-state index in [0.717, 1.165) is 12.1 Å². The van der Waals surface area contributed by atoms with Crippen LogP contribution in [-0.4, -0.2) is 48.6 Å². The van der Waals surface area contributed by atoms with E-state index in [1.165, 1.54) is 23.5 Å². The van der Waals surface area contributed by atoms with E-state index < -0.39 is 15.9 Å². The Morgan fingerprint density at radius 3 is 2.41 bits per heavy atom. The minimum Gasteiger partial charge on any atom is -0.495 e. The number of nitrogens with one attached hydrogen (secondary N) is 1. The lowest BCUT2D eigenvalue weighted by molar-refractivity contribution is 0.102. The fraction of sp³-hybridized carbons (Fsp3) is 0.500. The third-order valence-corrected chi connectivity index (χ3v) is 6.98. The molecule has 0 bridgehead atoms. The second-order valence-corrected chi connectivity index (χ2v) is 9.79. The number of ether oxygens (including phenoxy) is 1. The first kappa shape index (κ1) is 21.3. The van der Waals surface area contributed by atoms with Gasteiger partial charge in [0.25, 0.3) is 5.91 Å². The fourth-order valence-corrected chi connectivity index (χ4v) is 5.74. The van der Waals surface area contributed by atoms with Gasteiger partial charge in [-0.1, -0.05) is 13.8 Å². The number of piperidine rings is 1. The molecule has 1 saturated heterocycles. The molecule has 2 atom stereocenters. The number of anilines is 1. The van der Waals surface area contributed by atoms with Crippen LogP contribution in [0.5, 0.6) is 5.75 Å². The SMILES string of the molecule is COc1ccc(C(=O)Nc2cc(C)nn2C)cc1S(=O)(=O)N1CC(C)CC(C)C1. The molecule has 2 heterocycles. The van der Waals surface area contributed by atoms with Crippen LogP contribution in [0.3, 0.4) is 0 Å². The van der Waals surface area contributed by atoms with E-state index in [4.69, 9.17) is 4.74 Å². The first-order chi connectivity index (χ1) is 13.6. The molecular weight excluding hydrogens is 392 g/mol. The molecule has 0 radical (unpaired) electrons. The van der Waals surface area contributed by atoms with Crippen LogP contribution >= 0.6 is 0 Å². The molecule has 1 amide bonds. The molecule has 1 aromatic heterocycles. The van der Waals surface area contributed by atoms with Crippen molar-refractivity contribution in [3.8, 4) is 5.75 Å². The van der Waals surface area contributed by atoms with Gasteiger partial charge in [-0.2, -0.15) is 9.40 Å². The summed E-state index contributed by atoms with van der Waals surface area (Å²) in [4.78, 5) is 12.7. The maximum Gasteiger partial charge on any atom is 0.256 e. The Morgan fingerprint density at radius 2 is 1.86 bits per heavy atom. The van der Waals surface area contributed by atoms with Gasteiger partial charge in [0.15, 0.2) is 0 Å². The van der Waals surface area contributed by atoms with Crippen molar-refractivity contribution in [2.45, 2.75) is 32.1 Å². The zero-order valence-electron chi connectivity index (χ0n) is 17.5. The Balaban J connectivity index is 1.94. The molecule has 0 saturated carbocycles. The number of benzene rings is 1. The molecule has 9 heteroatoms. The largest absolute Gasteiger partial charge is 0.495 e. The predicted molar refractivity (Wildman–Crippen MR) is 111 cm³/mol. The maximum absolute atomic E-state index is 13.3. The molecule has 158 valence electrons. The lowest BCUT2D eigenvalue weighted by Crippen LogP contribution is -2.42. The minimum atomic E-state index is -3.79. The van der Waals surface area contributed by atoms with Crippen LogP contribution in [0.2, 0.25) is 0 Å². The summed E-state index contributed by atoms with van der Waals surface area (Å²) in [6.45, 7) is 6.85. The van der Waals surface area contributed by atoms with Gasteiger partial charge in [-0.25, -0.2) is 8.42 Å². The summed E-state index contributed by atoms with van der Waals surface area (Å²) in [5, 5.41) is 6.97. The number of sulfonamides is 1. The smallest absolute Gasteiger partial charge is 0.256 e. The number of rotatable bonds is 5. The normalized spacial score (nSPS) is 20.4. The Labute approximate surface area is 171 Å². The van der Waals surface area contributed by atoms with Crippen molar-refractivity contribution in [1.82, 2.24) is 14.1 Å². The zero-order chi connectivity index (χ0) is 21.3. The number of methoxy groups -OCH3 is 1. The lowest BCUT2D eigenvalue weighted by Gasteiger charge is -2.34. The highest BCUT2D eigenvalue weighted by molar-refractivity contribution is 7.89. The first-order valence-corrected chi connectivity index (χ1v) is 11.1. The van der Waals surface area contributed by atoms with E-state index in [-0.39, 0.29) is 28.0 Å². The summed E-state index contributed by atoms with van der Waals surface area (Å²) < 4.78 is 35.1. The number of aromatic nitrogens is 2. The van der Waals surface area contributed by atoms with Gasteiger partial charge >= 0.3 is 0 Å². The van der Waals surface area contributed by atoms with Gasteiger partial charge in [0.2, 0.25) is 10.0 Å². The second kappa shape index (κ2) is 8.16. The molecule has 8 nitrogen and oxygen atoms in total. The molecular formula is C20H28N4O4S. The van der Waals surface area contributed by atoms with Crippen LogP contribution in [0.25, 0.3) is 0 Å². The number of carbonyl (C=O) groups excluding carboxylic acids is 1. The fourth-order valence-electron chi connectivity index (χ4n) is 3.88. The molecule has 1 fully saturated rings. The van der Waals surface area contributed by atoms with Crippen LogP contribution in [0, 0.1) is 18.8 Å². The quantitative estimate of drug-likeness (QED) is 0.803. The van der Waals surface area contributed by atoms with Gasteiger partial charge < -0.3 is 10.1 Å². The third kappa shape index (κ3) is 4.45. The Hall–Kier alpha value is -2.39. The standard InChI is InChI=1S/C20H28N4O4S/c1-13-8-14(2)12-24(11-13)29(26,27)18-10-16(6-7-17(18)28-5)20(25)21-19-9-15(3)22-23(19)4/h6-7,9-10,13-14H,8,11-12H2,1-5H3,(H,21,25). The van der Waals surface area contributed by atoms with Crippen molar-refractivity contribution in [2.75, 3.05) is 25.5 Å². The number of amides is 1. The molecule has 29 heavy (non-hydrogen) atoms. The molecule has 1 aromatic carbocycles. The molecule has 1 N–H and O–H groups in total. The van der Waals surface area contributed by atoms with Gasteiger partial charge in [-0.15, -0.1) is 0 Å². The number of hydrogen-bond donors (Lipinski definition) is 1. The first-order valence-electron chi connectivity index (χ1n) is 9.62. The van der Waals surface area contributed by atoms with Crippen molar-refractivity contribution in [1.29, 1.82) is 0 Å². The van der Waals surface area contributed by atoms with E-state index in [0.29, 0.717) is 18.9 Å². The second-order valence-electron chi connectivity index (χ2n) is 7.88. The summed E-state index contributed by atoms with van der Waals surface area (Å²) in [6, 6.07) is 6.21. The van der Waals surface area contributed by atoms with Crippen molar-refractivity contribution >= 4 is 21.7 Å². The molecule has 1 aliphatic heterocycles. The molecule has 3 rings (SSSR count). The summed E-state index contributed by atoms with van der Waals surface area (Å²) in [5.41, 5.74) is 1.01. The molecule has 1 aliphatic rings. The highest BCUT2D eigenvalue weighted by Gasteiger charge is 2.34. The molecule has 0 aliphatic carbocycles. The van der Waals surface area contributed by atoms with Gasteiger partial charge in [0.05, 0.1) is 12.8 Å². The monoisotopic (exact) mass is 420 g/mol. The number of nitrogens with zero attached hydrogens (tertiary/aromatic N) is 3. The van der Waals surface area contributed by atoms with Crippen molar-refractivity contribution in [2.24, 2.45) is 18.9 Å². The average molecular weight is 421 g/mol. The highest BCUT2D eigenvalue weighted by Crippen LogP contribution is 2.32. The van der Waals surface area contributed by atoms with E-state index in [2.05, 4.69) is 24.3 Å². The van der Waals surface area contributed by atoms with Crippen LogP contribution in [-0.2, 0) is 17.1 Å². The van der Waals surface area contributed by atoms with E-state index in [1.807, 2.05) is 6.92 Å². The summed E-state index contributed by atoms with van der Waals surface area (Å²) in [5.74, 6) is 0.904. The van der Waals surface area contributed by atoms with Gasteiger partial charge in [0.1, 0.15) is 16.5 Å². The number of carbonyl (C=O) groups is 1. The predicted octanol–water partition coefficient (Wildman–Crippen LogP) is 2.66. The highest BCUT2D eigenvalue weighted by atomic mass is 32.2. The van der Waals surface area contributed by atoms with Crippen LogP contribution in [0.1, 0.15) is 36.3 Å². The maximum atomic E-state index is 13.3. The van der Waals surface area contributed by atoms with Crippen molar-refractivity contribution < 1.29 is 17.9 Å². The molecule has 0 spiro atoms. The van der Waals surface area contributed by atoms with Gasteiger partial charge in [0, 0.05) is 31.8 Å². The van der Waals surface area contributed by atoms with E-state index in [1.54, 1.807) is 23.9 Å². The molecule has 2 unspecified atom stereocenters. The van der Waals surface area contributed by atoms with Gasteiger partial charge in [-0.3, -0.25) is 9.48 Å². The molecule has 2 aromatic rings. The Bertz CT molecular complexity index is 1010. The van der Waals surface area contributed by atoms with Crippen molar-refractivity contribution in [3.63, 3.8) is 0 Å². The number of hydrogen-bond acceptors (Lipinski definition) is 5. The van der Waals surface area contributed by atoms with Crippen LogP contribution in [0.15, 0.2) is 29.2 Å². The minimum absolute atomic E-state index is 0.00939. The summed E-state index contributed by atoms with van der Waals surface area (Å²) >= 11 is 0. The zero-order valence-corrected chi connectivity index (χ0v) is 18.3. The van der Waals surface area contributed by atoms with Crippen LogP contribution in [0.4, 0.5) is 5.82 Å². The van der Waals surface area contributed by atoms with E-state index in [9.17, 15) is 13.2 Å². The van der Waals surface area contributed by atoms with Gasteiger partial charge in [-0.05, 0) is 43.4 Å². The summed E-state index contributed by atoms with van der Waals surface area (Å²) in [6.07, 6.45) is 0.996. The number of aryl methyl sites for hydroxylation is 2. The average Bonchev–Trinajstić information content (AvgIpc) is 2.97. The lowest BCUT2D eigenvalue weighted by atomic mass is 9.94. The third-order valence-electron chi connectivity index (χ3n) is 5.12. The Morgan fingerprint density at radius 1 is 1.21 bits per heavy atom.